The van der Waals surface area contributed by atoms with Gasteiger partial charge in [0.05, 0.1) is 0 Å². The minimum Gasteiger partial charge on any atom is -0.353 e. The predicted octanol–water partition coefficient (Wildman–Crippen LogP) is 0.895. The second-order valence-corrected chi connectivity index (χ2v) is 6.59. The molecular weight excluding hydrogens is 280 g/mol. The molecule has 0 aliphatic rings. The lowest BCUT2D eigenvalue weighted by Gasteiger charge is -2.18. The van der Waals surface area contributed by atoms with E-state index in [2.05, 4.69) is 24.3 Å². The molecule has 0 spiro atoms. The average Bonchev–Trinajstić information content (AvgIpc) is 2.42. The largest absolute Gasteiger partial charge is 0.353 e. The molecule has 0 aliphatic carbocycles. The number of benzene rings is 1. The highest BCUT2D eigenvalue weighted by Crippen LogP contribution is 2.11. The SMILES string of the molecule is [SiH3]CCOC(Cc1ccc(CCl)cc1)OCC[SiH3]. The van der Waals surface area contributed by atoms with Gasteiger partial charge in [0.1, 0.15) is 0 Å². The van der Waals surface area contributed by atoms with E-state index in [9.17, 15) is 0 Å². The molecule has 0 saturated heterocycles. The molecular formula is C13H23ClO2Si2. The Bertz CT molecular complexity index is 311. The number of ether oxygens (including phenoxy) is 2. The van der Waals surface area contributed by atoms with E-state index < -0.39 is 0 Å². The van der Waals surface area contributed by atoms with Crippen LogP contribution in [0.3, 0.4) is 0 Å². The van der Waals surface area contributed by atoms with Crippen molar-refractivity contribution in [3.63, 3.8) is 0 Å². The summed E-state index contributed by atoms with van der Waals surface area (Å²) in [5.74, 6) is 0.567. The number of hydrogen-bond donors (Lipinski definition) is 0. The van der Waals surface area contributed by atoms with Gasteiger partial charge in [-0.25, -0.2) is 0 Å². The van der Waals surface area contributed by atoms with Gasteiger partial charge in [-0.2, -0.15) is 0 Å². The quantitative estimate of drug-likeness (QED) is 0.383. The number of hydrogen-bond acceptors (Lipinski definition) is 2. The summed E-state index contributed by atoms with van der Waals surface area (Å²) in [5, 5.41) is 0. The average molecular weight is 303 g/mol. The summed E-state index contributed by atoms with van der Waals surface area (Å²) in [6.07, 6.45) is 0.737. The summed E-state index contributed by atoms with van der Waals surface area (Å²) in [5.41, 5.74) is 2.40. The van der Waals surface area contributed by atoms with Crippen molar-refractivity contribution in [3.8, 4) is 0 Å². The van der Waals surface area contributed by atoms with Crippen LogP contribution in [-0.2, 0) is 21.8 Å². The molecule has 0 unspecified atom stereocenters. The lowest BCUT2D eigenvalue weighted by atomic mass is 10.1. The molecule has 5 heteroatoms. The van der Waals surface area contributed by atoms with Crippen molar-refractivity contribution >= 4 is 32.1 Å². The van der Waals surface area contributed by atoms with Gasteiger partial charge in [-0.15, -0.1) is 11.6 Å². The van der Waals surface area contributed by atoms with Crippen LogP contribution in [0, 0.1) is 0 Å². The van der Waals surface area contributed by atoms with Gasteiger partial charge in [0.2, 0.25) is 0 Å². The number of alkyl halides is 1. The Balaban J connectivity index is 2.51. The second kappa shape index (κ2) is 9.75. The molecule has 1 aromatic rings. The third-order valence-electron chi connectivity index (χ3n) is 2.60. The van der Waals surface area contributed by atoms with Crippen molar-refractivity contribution in [1.82, 2.24) is 0 Å². The van der Waals surface area contributed by atoms with Crippen LogP contribution in [0.1, 0.15) is 11.1 Å². The molecule has 0 aliphatic heterocycles. The summed E-state index contributed by atoms with van der Waals surface area (Å²) < 4.78 is 11.5. The van der Waals surface area contributed by atoms with Crippen LogP contribution in [0.25, 0.3) is 0 Å². The van der Waals surface area contributed by atoms with Gasteiger partial charge in [0.15, 0.2) is 6.29 Å². The number of rotatable bonds is 9. The maximum absolute atomic E-state index is 5.78. The van der Waals surface area contributed by atoms with Crippen LogP contribution in [0.5, 0.6) is 0 Å². The first-order chi connectivity index (χ1) is 8.80. The van der Waals surface area contributed by atoms with Crippen molar-refractivity contribution in [3.05, 3.63) is 35.4 Å². The van der Waals surface area contributed by atoms with Gasteiger partial charge in [0.25, 0.3) is 0 Å². The molecule has 0 bridgehead atoms. The highest BCUT2D eigenvalue weighted by molar-refractivity contribution is 6.17. The van der Waals surface area contributed by atoms with Gasteiger partial charge < -0.3 is 9.47 Å². The van der Waals surface area contributed by atoms with Crippen molar-refractivity contribution in [2.75, 3.05) is 13.2 Å². The summed E-state index contributed by atoms with van der Waals surface area (Å²) in [6, 6.07) is 10.7. The smallest absolute Gasteiger partial charge is 0.161 e. The zero-order valence-electron chi connectivity index (χ0n) is 11.3. The molecule has 1 aromatic carbocycles. The normalized spacial score (nSPS) is 12.9. The van der Waals surface area contributed by atoms with E-state index >= 15 is 0 Å². The lowest BCUT2D eigenvalue weighted by molar-refractivity contribution is -0.134. The summed E-state index contributed by atoms with van der Waals surface area (Å²) in [4.78, 5) is 0. The Kier molecular flexibility index (Phi) is 8.62. The molecule has 0 N–H and O–H groups in total. The van der Waals surface area contributed by atoms with E-state index in [0.717, 1.165) is 37.3 Å². The first-order valence-corrected chi connectivity index (χ1v) is 10.0. The number of halogens is 1. The molecule has 0 aromatic heterocycles. The lowest BCUT2D eigenvalue weighted by Crippen LogP contribution is -2.21. The summed E-state index contributed by atoms with van der Waals surface area (Å²) in [7, 11) is 2.37. The minimum atomic E-state index is -0.0882. The van der Waals surface area contributed by atoms with Crippen LogP contribution >= 0.6 is 11.6 Å². The zero-order valence-corrected chi connectivity index (χ0v) is 16.1. The van der Waals surface area contributed by atoms with Crippen LogP contribution in [0.4, 0.5) is 0 Å². The van der Waals surface area contributed by atoms with E-state index in [4.69, 9.17) is 21.1 Å². The van der Waals surface area contributed by atoms with Crippen molar-refractivity contribution in [2.45, 2.75) is 30.7 Å². The molecule has 0 fully saturated rings. The molecule has 1 rings (SSSR count). The van der Waals surface area contributed by atoms with Gasteiger partial charge in [-0.1, -0.05) is 24.3 Å². The van der Waals surface area contributed by atoms with Gasteiger partial charge in [-0.05, 0) is 23.2 Å². The maximum atomic E-state index is 5.78. The van der Waals surface area contributed by atoms with Gasteiger partial charge in [0, 0.05) is 46.0 Å². The van der Waals surface area contributed by atoms with Gasteiger partial charge >= 0.3 is 0 Å². The highest BCUT2D eigenvalue weighted by atomic mass is 35.5. The van der Waals surface area contributed by atoms with Crippen molar-refractivity contribution in [2.24, 2.45) is 0 Å². The van der Waals surface area contributed by atoms with E-state index in [1.807, 2.05) is 0 Å². The Morgan fingerprint density at radius 3 is 1.89 bits per heavy atom. The fraction of sp³-hybridized carbons (Fsp3) is 0.538. The molecule has 102 valence electrons. The van der Waals surface area contributed by atoms with Gasteiger partial charge in [-0.3, -0.25) is 0 Å². The Morgan fingerprint density at radius 2 is 1.44 bits per heavy atom. The molecule has 18 heavy (non-hydrogen) atoms. The van der Waals surface area contributed by atoms with Crippen molar-refractivity contribution in [1.29, 1.82) is 0 Å². The highest BCUT2D eigenvalue weighted by Gasteiger charge is 2.09. The van der Waals surface area contributed by atoms with Crippen LogP contribution in [0.15, 0.2) is 24.3 Å². The fourth-order valence-corrected chi connectivity index (χ4v) is 2.27. The summed E-state index contributed by atoms with van der Waals surface area (Å²) >= 11 is 5.78. The van der Waals surface area contributed by atoms with E-state index in [1.54, 1.807) is 0 Å². The van der Waals surface area contributed by atoms with Crippen LogP contribution < -0.4 is 0 Å². The molecule has 0 amide bonds. The van der Waals surface area contributed by atoms with E-state index in [-0.39, 0.29) is 6.29 Å². The first-order valence-electron chi connectivity index (χ1n) is 6.67. The molecule has 0 heterocycles. The molecule has 0 saturated carbocycles. The summed E-state index contributed by atoms with van der Waals surface area (Å²) in [6.45, 7) is 1.63. The topological polar surface area (TPSA) is 18.5 Å². The van der Waals surface area contributed by atoms with E-state index in [0.29, 0.717) is 5.88 Å². The third-order valence-corrected chi connectivity index (χ3v) is 3.72. The van der Waals surface area contributed by atoms with Crippen molar-refractivity contribution < 1.29 is 9.47 Å². The Hall–Kier alpha value is -0.136. The molecule has 0 radical (unpaired) electrons. The second-order valence-electron chi connectivity index (χ2n) is 4.33. The monoisotopic (exact) mass is 302 g/mol. The van der Waals surface area contributed by atoms with Crippen LogP contribution in [0.2, 0.25) is 12.1 Å². The zero-order chi connectivity index (χ0) is 13.2. The molecule has 0 atom stereocenters. The Morgan fingerprint density at radius 1 is 0.944 bits per heavy atom. The predicted molar refractivity (Wildman–Crippen MR) is 84.9 cm³/mol. The minimum absolute atomic E-state index is 0.0882. The van der Waals surface area contributed by atoms with E-state index in [1.165, 1.54) is 26.0 Å². The molecule has 2 nitrogen and oxygen atoms in total. The standard InChI is InChI=1S/C13H23ClO2Si2/c14-10-12-3-1-11(2-4-12)9-13(15-5-7-17)16-6-8-18/h1-4,13H,5-10H2,17-18H3. The third kappa shape index (κ3) is 6.15. The first kappa shape index (κ1) is 15.9. The maximum Gasteiger partial charge on any atom is 0.161 e. The fourth-order valence-electron chi connectivity index (χ4n) is 1.62. The Labute approximate surface area is 121 Å². The van der Waals surface area contributed by atoms with Crippen LogP contribution in [-0.4, -0.2) is 40.0 Å².